The molecule has 0 radical (unpaired) electrons. The van der Waals surface area contributed by atoms with E-state index in [0.29, 0.717) is 17.5 Å². The largest absolute Gasteiger partial charge is 0.435 e. The Morgan fingerprint density at radius 3 is 2.41 bits per heavy atom. The summed E-state index contributed by atoms with van der Waals surface area (Å²) in [6.45, 7) is 0.229. The van der Waals surface area contributed by atoms with Crippen LogP contribution in [0.2, 0.25) is 0 Å². The van der Waals surface area contributed by atoms with Gasteiger partial charge in [0, 0.05) is 27.2 Å². The summed E-state index contributed by atoms with van der Waals surface area (Å²) < 4.78 is 54.8. The highest BCUT2D eigenvalue weighted by molar-refractivity contribution is 5.94. The van der Waals surface area contributed by atoms with Crippen LogP contribution in [0.1, 0.15) is 29.0 Å². The topological polar surface area (TPSA) is 71.3 Å². The Hall–Kier alpha value is -2.98. The van der Waals surface area contributed by atoms with E-state index in [1.165, 1.54) is 9.80 Å². The minimum atomic E-state index is -4.92. The molecule has 2 heterocycles. The lowest BCUT2D eigenvalue weighted by Gasteiger charge is -2.33. The van der Waals surface area contributed by atoms with Crippen molar-refractivity contribution < 1.29 is 27.2 Å². The molecule has 7 nitrogen and oxygen atoms in total. The highest BCUT2D eigenvalue weighted by Crippen LogP contribution is 2.33. The second kappa shape index (κ2) is 7.80. The van der Waals surface area contributed by atoms with Crippen molar-refractivity contribution in [1.29, 1.82) is 0 Å². The summed E-state index contributed by atoms with van der Waals surface area (Å²) in [5.41, 5.74) is -2.26. The highest BCUT2D eigenvalue weighted by Gasteiger charge is 2.43. The molecule has 1 fully saturated rings. The number of nitrogens with zero attached hydrogens (tertiary/aromatic N) is 5. The molecule has 0 spiro atoms. The van der Waals surface area contributed by atoms with Crippen molar-refractivity contribution in [3.8, 4) is 5.69 Å². The standard InChI is InChI=1S/C18H19F4N5O2/c1-25(2)16(28)11-4-3-9-26(10-11)17(29)14-15(18(20,21)22)27(24-23-14)13-7-5-12(19)6-8-13/h5-8,11H,3-4,9-10H2,1-2H3. The lowest BCUT2D eigenvalue weighted by atomic mass is 9.96. The molecule has 2 aromatic rings. The molecule has 29 heavy (non-hydrogen) atoms. The lowest BCUT2D eigenvalue weighted by molar-refractivity contribution is -0.143. The summed E-state index contributed by atoms with van der Waals surface area (Å²) in [6.07, 6.45) is -3.88. The third-order valence-electron chi connectivity index (χ3n) is 4.71. The van der Waals surface area contributed by atoms with Crippen LogP contribution in [0.4, 0.5) is 17.6 Å². The lowest BCUT2D eigenvalue weighted by Crippen LogP contribution is -2.45. The fourth-order valence-corrected chi connectivity index (χ4v) is 3.32. The molecule has 2 amide bonds. The number of amides is 2. The van der Waals surface area contributed by atoms with Crippen molar-refractivity contribution >= 4 is 11.8 Å². The first-order chi connectivity index (χ1) is 13.6. The molecule has 0 aliphatic carbocycles. The Morgan fingerprint density at radius 1 is 1.17 bits per heavy atom. The summed E-state index contributed by atoms with van der Waals surface area (Å²) >= 11 is 0. The molecule has 156 valence electrons. The average molecular weight is 413 g/mol. The number of carbonyl (C=O) groups is 2. The molecule has 1 aromatic carbocycles. The average Bonchev–Trinajstić information content (AvgIpc) is 3.13. The summed E-state index contributed by atoms with van der Waals surface area (Å²) in [5.74, 6) is -2.23. The van der Waals surface area contributed by atoms with Gasteiger partial charge in [-0.15, -0.1) is 5.10 Å². The number of likely N-dealkylation sites (tertiary alicyclic amines) is 1. The summed E-state index contributed by atoms with van der Waals surface area (Å²) in [4.78, 5) is 27.6. The van der Waals surface area contributed by atoms with E-state index in [0.717, 1.165) is 24.3 Å². The Bertz CT molecular complexity index is 908. The first-order valence-corrected chi connectivity index (χ1v) is 8.89. The number of carbonyl (C=O) groups excluding carboxylic acids is 2. The molecule has 1 aliphatic rings. The molecule has 3 rings (SSSR count). The minimum absolute atomic E-state index is 0.0105. The van der Waals surface area contributed by atoms with Crippen molar-refractivity contribution in [2.45, 2.75) is 19.0 Å². The van der Waals surface area contributed by atoms with E-state index in [2.05, 4.69) is 10.3 Å². The number of alkyl halides is 3. The number of aromatic nitrogens is 3. The van der Waals surface area contributed by atoms with Gasteiger partial charge in [0.2, 0.25) is 5.91 Å². The van der Waals surface area contributed by atoms with Crippen LogP contribution in [-0.2, 0) is 11.0 Å². The quantitative estimate of drug-likeness (QED) is 0.725. The Kier molecular flexibility index (Phi) is 5.58. The minimum Gasteiger partial charge on any atom is -0.349 e. The van der Waals surface area contributed by atoms with Gasteiger partial charge in [0.15, 0.2) is 11.4 Å². The van der Waals surface area contributed by atoms with Crippen LogP contribution in [0.5, 0.6) is 0 Å². The number of hydrogen-bond acceptors (Lipinski definition) is 4. The first-order valence-electron chi connectivity index (χ1n) is 8.89. The van der Waals surface area contributed by atoms with Crippen molar-refractivity contribution in [3.05, 3.63) is 41.5 Å². The SMILES string of the molecule is CN(C)C(=O)C1CCCN(C(=O)c2nnn(-c3ccc(F)cc3)c2C(F)(F)F)C1. The number of halogens is 4. The van der Waals surface area contributed by atoms with Gasteiger partial charge in [-0.3, -0.25) is 9.59 Å². The van der Waals surface area contributed by atoms with E-state index in [4.69, 9.17) is 0 Å². The summed E-state index contributed by atoms with van der Waals surface area (Å²) in [7, 11) is 3.16. The number of benzene rings is 1. The van der Waals surface area contributed by atoms with E-state index >= 15 is 0 Å². The van der Waals surface area contributed by atoms with Crippen molar-refractivity contribution in [2.75, 3.05) is 27.2 Å². The molecular formula is C18H19F4N5O2. The first kappa shape index (κ1) is 20.7. The maximum atomic E-state index is 13.7. The van der Waals surface area contributed by atoms with Crippen LogP contribution in [0.15, 0.2) is 24.3 Å². The highest BCUT2D eigenvalue weighted by atomic mass is 19.4. The van der Waals surface area contributed by atoms with Gasteiger partial charge in [-0.05, 0) is 37.1 Å². The van der Waals surface area contributed by atoms with Crippen LogP contribution in [0.3, 0.4) is 0 Å². The van der Waals surface area contributed by atoms with Gasteiger partial charge in [-0.1, -0.05) is 5.21 Å². The maximum Gasteiger partial charge on any atom is 0.435 e. The van der Waals surface area contributed by atoms with Crippen LogP contribution in [0, 0.1) is 11.7 Å². The fraction of sp³-hybridized carbons (Fsp3) is 0.444. The predicted molar refractivity (Wildman–Crippen MR) is 93.6 cm³/mol. The maximum absolute atomic E-state index is 13.7. The fourth-order valence-electron chi connectivity index (χ4n) is 3.32. The second-order valence-corrected chi connectivity index (χ2v) is 7.00. The van der Waals surface area contributed by atoms with E-state index in [9.17, 15) is 27.2 Å². The van der Waals surface area contributed by atoms with Crippen LogP contribution in [0.25, 0.3) is 5.69 Å². The van der Waals surface area contributed by atoms with Crippen molar-refractivity contribution in [1.82, 2.24) is 24.8 Å². The molecule has 0 N–H and O–H groups in total. The smallest absolute Gasteiger partial charge is 0.349 e. The van der Waals surface area contributed by atoms with Crippen LogP contribution in [-0.4, -0.2) is 63.8 Å². The van der Waals surface area contributed by atoms with Crippen LogP contribution >= 0.6 is 0 Å². The molecule has 1 atom stereocenters. The van der Waals surface area contributed by atoms with E-state index in [1.807, 2.05) is 0 Å². The Balaban J connectivity index is 1.95. The van der Waals surface area contributed by atoms with Gasteiger partial charge >= 0.3 is 6.18 Å². The third-order valence-corrected chi connectivity index (χ3v) is 4.71. The molecular weight excluding hydrogens is 394 g/mol. The number of rotatable bonds is 3. The zero-order valence-electron chi connectivity index (χ0n) is 15.8. The molecule has 1 unspecified atom stereocenters. The van der Waals surface area contributed by atoms with Gasteiger partial charge in [0.05, 0.1) is 11.6 Å². The molecule has 1 saturated heterocycles. The predicted octanol–water partition coefficient (Wildman–Crippen LogP) is 2.37. The Morgan fingerprint density at radius 2 is 1.83 bits per heavy atom. The number of piperidine rings is 1. The summed E-state index contributed by atoms with van der Waals surface area (Å²) in [5, 5.41) is 6.96. The molecule has 1 aromatic heterocycles. The summed E-state index contributed by atoms with van der Waals surface area (Å²) in [6, 6.07) is 4.20. The van der Waals surface area contributed by atoms with Gasteiger partial charge < -0.3 is 9.80 Å². The monoisotopic (exact) mass is 413 g/mol. The molecule has 11 heteroatoms. The van der Waals surface area contributed by atoms with E-state index in [-0.39, 0.29) is 24.7 Å². The molecule has 0 saturated carbocycles. The van der Waals surface area contributed by atoms with Gasteiger partial charge in [-0.25, -0.2) is 9.07 Å². The van der Waals surface area contributed by atoms with Gasteiger partial charge in [0.25, 0.3) is 5.91 Å². The van der Waals surface area contributed by atoms with Crippen molar-refractivity contribution in [3.63, 3.8) is 0 Å². The zero-order chi connectivity index (χ0) is 21.3. The molecule has 0 bridgehead atoms. The van der Waals surface area contributed by atoms with Gasteiger partial charge in [-0.2, -0.15) is 13.2 Å². The normalized spacial score (nSPS) is 17.3. The number of hydrogen-bond donors (Lipinski definition) is 0. The van der Waals surface area contributed by atoms with Crippen LogP contribution < -0.4 is 0 Å². The Labute approximate surface area is 163 Å². The molecule has 1 aliphatic heterocycles. The zero-order valence-corrected chi connectivity index (χ0v) is 15.8. The van der Waals surface area contributed by atoms with E-state index < -0.39 is 35.2 Å². The van der Waals surface area contributed by atoms with Crippen molar-refractivity contribution in [2.24, 2.45) is 5.92 Å². The van der Waals surface area contributed by atoms with Gasteiger partial charge in [0.1, 0.15) is 5.82 Å². The van der Waals surface area contributed by atoms with E-state index in [1.54, 1.807) is 14.1 Å². The second-order valence-electron chi connectivity index (χ2n) is 7.00. The third kappa shape index (κ3) is 4.22.